The molecule has 21 heavy (non-hydrogen) atoms. The summed E-state index contributed by atoms with van der Waals surface area (Å²) < 4.78 is 0. The minimum atomic E-state index is 0.425. The molecule has 1 fully saturated rings. The largest absolute Gasteiger partial charge is 0.302 e. The van der Waals surface area contributed by atoms with Gasteiger partial charge in [-0.3, -0.25) is 0 Å². The Bertz CT molecular complexity index is 564. The van der Waals surface area contributed by atoms with Gasteiger partial charge in [0.2, 0.25) is 0 Å². The van der Waals surface area contributed by atoms with Gasteiger partial charge in [0.1, 0.15) is 0 Å². The first kappa shape index (κ1) is 14.6. The molecule has 0 amide bonds. The van der Waals surface area contributed by atoms with Crippen molar-refractivity contribution < 1.29 is 0 Å². The number of halogens is 1. The molecular formula is C19H22ClN. The van der Waals surface area contributed by atoms with E-state index in [2.05, 4.69) is 54.4 Å². The predicted octanol–water partition coefficient (Wildman–Crippen LogP) is 4.96. The molecule has 2 aromatic carbocycles. The zero-order chi connectivity index (χ0) is 14.7. The highest BCUT2D eigenvalue weighted by Crippen LogP contribution is 2.35. The van der Waals surface area contributed by atoms with Crippen molar-refractivity contribution in [3.63, 3.8) is 0 Å². The lowest BCUT2D eigenvalue weighted by atomic mass is 9.81. The Hall–Kier alpha value is -1.31. The maximum absolute atomic E-state index is 6.07. The molecule has 3 rings (SSSR count). The van der Waals surface area contributed by atoms with Crippen LogP contribution in [-0.2, 0) is 0 Å². The van der Waals surface area contributed by atoms with Crippen LogP contribution < -0.4 is 0 Å². The standard InChI is InChI=1S/C19H22ClN/c1-21-14-6-5-9-18(21)19(15-7-3-2-4-8-15)16-10-12-17(20)13-11-16/h2-4,7-8,10-13,18-19H,5-6,9,14H2,1H3. The van der Waals surface area contributed by atoms with Gasteiger partial charge < -0.3 is 4.90 Å². The van der Waals surface area contributed by atoms with Crippen molar-refractivity contribution in [2.75, 3.05) is 13.6 Å². The van der Waals surface area contributed by atoms with E-state index >= 15 is 0 Å². The summed E-state index contributed by atoms with van der Waals surface area (Å²) in [6.45, 7) is 1.20. The average molecular weight is 300 g/mol. The second-order valence-corrected chi connectivity index (χ2v) is 6.42. The fourth-order valence-electron chi connectivity index (χ4n) is 3.49. The van der Waals surface area contributed by atoms with E-state index in [4.69, 9.17) is 11.6 Å². The van der Waals surface area contributed by atoms with Gasteiger partial charge in [0.05, 0.1) is 0 Å². The number of hydrogen-bond donors (Lipinski definition) is 0. The van der Waals surface area contributed by atoms with Crippen molar-refractivity contribution in [1.29, 1.82) is 0 Å². The summed E-state index contributed by atoms with van der Waals surface area (Å²) in [4.78, 5) is 2.52. The van der Waals surface area contributed by atoms with Crippen molar-refractivity contribution in [2.24, 2.45) is 0 Å². The molecule has 0 aromatic heterocycles. The van der Waals surface area contributed by atoms with E-state index in [-0.39, 0.29) is 0 Å². The van der Waals surface area contributed by atoms with E-state index < -0.39 is 0 Å². The molecule has 2 aromatic rings. The first-order chi connectivity index (χ1) is 10.3. The normalized spacial score (nSPS) is 21.1. The number of likely N-dealkylation sites (N-methyl/N-ethyl adjacent to an activating group) is 1. The smallest absolute Gasteiger partial charge is 0.0406 e. The first-order valence-corrected chi connectivity index (χ1v) is 8.14. The fourth-order valence-corrected chi connectivity index (χ4v) is 3.62. The molecule has 2 unspecified atom stereocenters. The van der Waals surface area contributed by atoms with Crippen molar-refractivity contribution in [3.05, 3.63) is 70.7 Å². The van der Waals surface area contributed by atoms with Crippen LogP contribution in [0.2, 0.25) is 5.02 Å². The second-order valence-electron chi connectivity index (χ2n) is 5.98. The predicted molar refractivity (Wildman–Crippen MR) is 90.0 cm³/mol. The lowest BCUT2D eigenvalue weighted by Crippen LogP contribution is -2.40. The molecule has 1 aliphatic rings. The third-order valence-electron chi connectivity index (χ3n) is 4.60. The molecule has 1 heterocycles. The maximum atomic E-state index is 6.07. The van der Waals surface area contributed by atoms with Crippen LogP contribution in [0.1, 0.15) is 36.3 Å². The van der Waals surface area contributed by atoms with E-state index in [0.717, 1.165) is 5.02 Å². The highest BCUT2D eigenvalue weighted by atomic mass is 35.5. The van der Waals surface area contributed by atoms with E-state index in [9.17, 15) is 0 Å². The van der Waals surface area contributed by atoms with Crippen molar-refractivity contribution >= 4 is 11.6 Å². The molecule has 2 heteroatoms. The minimum Gasteiger partial charge on any atom is -0.302 e. The number of rotatable bonds is 3. The molecule has 0 bridgehead atoms. The van der Waals surface area contributed by atoms with Crippen molar-refractivity contribution in [3.8, 4) is 0 Å². The second kappa shape index (κ2) is 6.64. The SMILES string of the molecule is CN1CCCCC1C(c1ccccc1)c1ccc(Cl)cc1. The van der Waals surface area contributed by atoms with E-state index in [1.807, 2.05) is 12.1 Å². The van der Waals surface area contributed by atoms with Crippen LogP contribution >= 0.6 is 11.6 Å². The molecule has 1 saturated heterocycles. The average Bonchev–Trinajstić information content (AvgIpc) is 2.52. The Morgan fingerprint density at radius 3 is 2.29 bits per heavy atom. The maximum Gasteiger partial charge on any atom is 0.0406 e. The van der Waals surface area contributed by atoms with Gasteiger partial charge in [-0.25, -0.2) is 0 Å². The summed E-state index contributed by atoms with van der Waals surface area (Å²) >= 11 is 6.07. The van der Waals surface area contributed by atoms with Gasteiger partial charge in [-0.2, -0.15) is 0 Å². The molecule has 0 aliphatic carbocycles. The molecule has 2 atom stereocenters. The number of hydrogen-bond acceptors (Lipinski definition) is 1. The third kappa shape index (κ3) is 3.30. The number of piperidine rings is 1. The molecule has 0 saturated carbocycles. The number of benzene rings is 2. The van der Waals surface area contributed by atoms with Crippen LogP contribution in [0.25, 0.3) is 0 Å². The third-order valence-corrected chi connectivity index (χ3v) is 4.85. The van der Waals surface area contributed by atoms with Gasteiger partial charge in [0.15, 0.2) is 0 Å². The van der Waals surface area contributed by atoms with Gasteiger partial charge in [0.25, 0.3) is 0 Å². The van der Waals surface area contributed by atoms with Crippen molar-refractivity contribution in [2.45, 2.75) is 31.2 Å². The molecular weight excluding hydrogens is 278 g/mol. The van der Waals surface area contributed by atoms with Gasteiger partial charge in [-0.1, -0.05) is 60.5 Å². The van der Waals surface area contributed by atoms with Crippen LogP contribution in [0.3, 0.4) is 0 Å². The molecule has 1 aliphatic heterocycles. The topological polar surface area (TPSA) is 3.24 Å². The molecule has 1 nitrogen and oxygen atoms in total. The number of nitrogens with zero attached hydrogens (tertiary/aromatic N) is 1. The highest BCUT2D eigenvalue weighted by Gasteiger charge is 2.29. The summed E-state index contributed by atoms with van der Waals surface area (Å²) in [5, 5.41) is 0.808. The quantitative estimate of drug-likeness (QED) is 0.774. The van der Waals surface area contributed by atoms with Crippen LogP contribution in [-0.4, -0.2) is 24.5 Å². The monoisotopic (exact) mass is 299 g/mol. The molecule has 110 valence electrons. The summed E-state index contributed by atoms with van der Waals surface area (Å²) in [7, 11) is 2.26. The van der Waals surface area contributed by atoms with Gasteiger partial charge in [-0.15, -0.1) is 0 Å². The van der Waals surface area contributed by atoms with E-state index in [1.54, 1.807) is 0 Å². The zero-order valence-electron chi connectivity index (χ0n) is 12.5. The molecule has 0 radical (unpaired) electrons. The summed E-state index contributed by atoms with van der Waals surface area (Å²) in [6, 6.07) is 19.8. The summed E-state index contributed by atoms with van der Waals surface area (Å²) in [5.74, 6) is 0.425. The van der Waals surface area contributed by atoms with Crippen LogP contribution in [0.5, 0.6) is 0 Å². The highest BCUT2D eigenvalue weighted by molar-refractivity contribution is 6.30. The Labute approximate surface area is 132 Å². The zero-order valence-corrected chi connectivity index (χ0v) is 13.3. The fraction of sp³-hybridized carbons (Fsp3) is 0.368. The van der Waals surface area contributed by atoms with Gasteiger partial charge >= 0.3 is 0 Å². The van der Waals surface area contributed by atoms with Gasteiger partial charge in [-0.05, 0) is 49.7 Å². The Morgan fingerprint density at radius 2 is 1.62 bits per heavy atom. The Kier molecular flexibility index (Phi) is 4.62. The lowest BCUT2D eigenvalue weighted by Gasteiger charge is -2.38. The molecule has 0 spiro atoms. The summed E-state index contributed by atoms with van der Waals surface area (Å²) in [6.07, 6.45) is 3.90. The van der Waals surface area contributed by atoms with Crippen LogP contribution in [0, 0.1) is 0 Å². The van der Waals surface area contributed by atoms with Crippen molar-refractivity contribution in [1.82, 2.24) is 4.90 Å². The summed E-state index contributed by atoms with van der Waals surface area (Å²) in [5.41, 5.74) is 2.77. The Morgan fingerprint density at radius 1 is 0.952 bits per heavy atom. The Balaban J connectivity index is 2.00. The lowest BCUT2D eigenvalue weighted by molar-refractivity contribution is 0.169. The van der Waals surface area contributed by atoms with E-state index in [1.165, 1.54) is 36.9 Å². The first-order valence-electron chi connectivity index (χ1n) is 7.76. The van der Waals surface area contributed by atoms with Crippen LogP contribution in [0.15, 0.2) is 54.6 Å². The molecule has 0 N–H and O–H groups in total. The number of likely N-dealkylation sites (tertiary alicyclic amines) is 1. The van der Waals surface area contributed by atoms with E-state index in [0.29, 0.717) is 12.0 Å². The minimum absolute atomic E-state index is 0.425. The van der Waals surface area contributed by atoms with Crippen LogP contribution in [0.4, 0.5) is 0 Å². The van der Waals surface area contributed by atoms with Gasteiger partial charge in [0, 0.05) is 17.0 Å².